The van der Waals surface area contributed by atoms with Crippen LogP contribution in [0.25, 0.3) is 11.0 Å². The number of ether oxygens (including phenoxy) is 3. The Kier molecular flexibility index (Phi) is 8.76. The highest BCUT2D eigenvalue weighted by molar-refractivity contribution is 5.93. The Balaban J connectivity index is 0.812. The van der Waals surface area contributed by atoms with Crippen LogP contribution in [0.5, 0.6) is 0 Å². The van der Waals surface area contributed by atoms with Gasteiger partial charge in [-0.05, 0) is 115 Å². The first-order chi connectivity index (χ1) is 24.0. The summed E-state index contributed by atoms with van der Waals surface area (Å²) in [5.74, 6) is 3.32. The van der Waals surface area contributed by atoms with Gasteiger partial charge in [-0.3, -0.25) is 14.9 Å². The van der Waals surface area contributed by atoms with Crippen LogP contribution in [0, 0.1) is 56.5 Å². The van der Waals surface area contributed by atoms with Crippen LogP contribution < -0.4 is 5.32 Å². The van der Waals surface area contributed by atoms with Crippen molar-refractivity contribution in [2.45, 2.75) is 129 Å². The number of nitrogens with one attached hydrogen (secondary N) is 1. The molecule has 11 heteroatoms. The molecular weight excluding hydrogens is 636 g/mol. The SMILES string of the molecule is C[C@@H]1CC[C@@]2(OC1)O[C@H]1C[C@H]3[C@@H]4CC=C5C[C@@H](OC(=O)CCCCCNc6ccc([N+](=O)[O-])c7nonc67)CC[C@]5(C)[C@H]4CC[C@]3(C)[C@H]1[C@@H]2C. The third kappa shape index (κ3) is 5.56. The molecule has 11 nitrogen and oxygen atoms in total. The molecule has 1 spiro atoms. The van der Waals surface area contributed by atoms with Crippen LogP contribution in [0.15, 0.2) is 28.4 Å². The van der Waals surface area contributed by atoms with Crippen molar-refractivity contribution in [3.05, 3.63) is 33.9 Å². The Morgan fingerprint density at radius 1 is 1.06 bits per heavy atom. The number of carbonyl (C=O) groups is 1. The molecule has 3 heterocycles. The quantitative estimate of drug-likeness (QED) is 0.0897. The van der Waals surface area contributed by atoms with Gasteiger partial charge in [-0.15, -0.1) is 0 Å². The van der Waals surface area contributed by atoms with E-state index in [1.54, 1.807) is 6.07 Å². The van der Waals surface area contributed by atoms with E-state index in [1.165, 1.54) is 37.3 Å². The highest BCUT2D eigenvalue weighted by Gasteiger charge is 2.68. The number of non-ortho nitro benzene ring substituents is 1. The minimum absolute atomic E-state index is 0.0241. The first-order valence-corrected chi connectivity index (χ1v) is 19.4. The molecular formula is C39H54N4O7. The minimum Gasteiger partial charge on any atom is -0.462 e. The fourth-order valence-corrected chi connectivity index (χ4v) is 11.9. The predicted molar refractivity (Wildman–Crippen MR) is 187 cm³/mol. The van der Waals surface area contributed by atoms with E-state index in [-0.39, 0.29) is 34.5 Å². The zero-order valence-electron chi connectivity index (χ0n) is 30.2. The summed E-state index contributed by atoms with van der Waals surface area (Å²) < 4.78 is 24.3. The average Bonchev–Trinajstić information content (AvgIpc) is 3.77. The number of hydrogen-bond donors (Lipinski definition) is 1. The summed E-state index contributed by atoms with van der Waals surface area (Å²) in [6.07, 6.45) is 15.8. The molecule has 6 aliphatic rings. The fraction of sp³-hybridized carbons (Fsp3) is 0.769. The maximum atomic E-state index is 12.9. The van der Waals surface area contributed by atoms with Gasteiger partial charge in [0.25, 0.3) is 0 Å². The van der Waals surface area contributed by atoms with Gasteiger partial charge in [-0.25, -0.2) is 4.63 Å². The summed E-state index contributed by atoms with van der Waals surface area (Å²) in [4.78, 5) is 23.6. The van der Waals surface area contributed by atoms with E-state index < -0.39 is 4.92 Å². The molecule has 1 N–H and O–H groups in total. The van der Waals surface area contributed by atoms with Gasteiger partial charge in [0.1, 0.15) is 6.10 Å². The number of hydrogen-bond acceptors (Lipinski definition) is 10. The van der Waals surface area contributed by atoms with Crippen LogP contribution in [0.1, 0.15) is 111 Å². The lowest BCUT2D eigenvalue weighted by Gasteiger charge is -2.58. The van der Waals surface area contributed by atoms with Crippen molar-refractivity contribution in [2.24, 2.45) is 46.3 Å². The number of carbonyl (C=O) groups excluding carboxylic acids is 1. The molecule has 5 fully saturated rings. The third-order valence-electron chi connectivity index (χ3n) is 14.6. The molecule has 2 aromatic rings. The number of anilines is 1. The van der Waals surface area contributed by atoms with Crippen molar-refractivity contribution in [1.82, 2.24) is 10.3 Å². The van der Waals surface area contributed by atoms with E-state index in [0.29, 0.717) is 71.2 Å². The largest absolute Gasteiger partial charge is 0.462 e. The second-order valence-electron chi connectivity index (χ2n) is 17.2. The number of aromatic nitrogens is 2. The van der Waals surface area contributed by atoms with Gasteiger partial charge in [-0.1, -0.05) is 45.8 Å². The number of nitro benzene ring substituents is 1. The number of unbranched alkanes of at least 4 members (excludes halogenated alkanes) is 2. The summed E-state index contributed by atoms with van der Waals surface area (Å²) in [5.41, 5.74) is 3.05. The maximum absolute atomic E-state index is 12.9. The zero-order chi connectivity index (χ0) is 34.8. The van der Waals surface area contributed by atoms with Gasteiger partial charge in [0, 0.05) is 37.8 Å². The predicted octanol–water partition coefficient (Wildman–Crippen LogP) is 8.38. The Hall–Kier alpha value is -3.05. The first kappa shape index (κ1) is 34.1. The van der Waals surface area contributed by atoms with E-state index in [1.807, 2.05) is 0 Å². The van der Waals surface area contributed by atoms with Crippen molar-refractivity contribution >= 4 is 28.4 Å². The topological polar surface area (TPSA) is 139 Å². The Labute approximate surface area is 294 Å². The summed E-state index contributed by atoms with van der Waals surface area (Å²) >= 11 is 0. The molecule has 0 unspecified atom stereocenters. The highest BCUT2D eigenvalue weighted by Crippen LogP contribution is 2.70. The lowest BCUT2D eigenvalue weighted by atomic mass is 9.47. The standard InChI is InChI=1S/C39H54N4O7/c1-23-13-18-39(47-22-23)24(2)34-32(49-39)21-29-27-10-9-25-20-26(14-16-37(25,3)28(27)15-17-38(29,34)4)48-33(44)8-6-5-7-19-40-30-11-12-31(43(45)46)36-35(30)41-50-42-36/h9,11-12,23-24,26-29,32,34,40H,5-8,10,13-22H2,1-4H3/t23-,24+,26+,27-,28+,29+,32+,34+,37+,38+,39-/m1/s1. The van der Waals surface area contributed by atoms with E-state index in [2.05, 4.69) is 49.4 Å². The van der Waals surface area contributed by atoms with Gasteiger partial charge >= 0.3 is 11.7 Å². The lowest BCUT2D eigenvalue weighted by Crippen LogP contribution is -2.52. The smallest absolute Gasteiger partial charge is 0.306 e. The number of fused-ring (bicyclic) bond motifs is 8. The number of esters is 1. The first-order valence-electron chi connectivity index (χ1n) is 19.4. The Morgan fingerprint density at radius 3 is 2.70 bits per heavy atom. The second kappa shape index (κ2) is 12.9. The van der Waals surface area contributed by atoms with Crippen LogP contribution >= 0.6 is 0 Å². The number of nitro groups is 1. The molecule has 8 rings (SSSR count). The molecule has 0 bridgehead atoms. The molecule has 1 aromatic heterocycles. The summed E-state index contributed by atoms with van der Waals surface area (Å²) in [5, 5.41) is 22.0. The third-order valence-corrected chi connectivity index (χ3v) is 14.6. The number of allylic oxidation sites excluding steroid dienone is 1. The molecule has 2 aliphatic heterocycles. The molecule has 11 atom stereocenters. The molecule has 272 valence electrons. The van der Waals surface area contributed by atoms with E-state index >= 15 is 0 Å². The highest BCUT2D eigenvalue weighted by atomic mass is 16.7. The minimum atomic E-state index is -0.495. The number of rotatable bonds is 9. The Morgan fingerprint density at radius 2 is 1.90 bits per heavy atom. The van der Waals surface area contributed by atoms with Crippen molar-refractivity contribution in [2.75, 3.05) is 18.5 Å². The normalized spacial score (nSPS) is 40.4. The van der Waals surface area contributed by atoms with Crippen molar-refractivity contribution < 1.29 is 28.6 Å². The van der Waals surface area contributed by atoms with Crippen molar-refractivity contribution in [3.8, 4) is 0 Å². The van der Waals surface area contributed by atoms with E-state index in [4.69, 9.17) is 18.8 Å². The monoisotopic (exact) mass is 690 g/mol. The zero-order valence-corrected chi connectivity index (χ0v) is 30.2. The number of nitrogens with zero attached hydrogens (tertiary/aromatic N) is 3. The van der Waals surface area contributed by atoms with Crippen LogP contribution in [0.2, 0.25) is 0 Å². The maximum Gasteiger partial charge on any atom is 0.306 e. The van der Waals surface area contributed by atoms with E-state index in [9.17, 15) is 14.9 Å². The molecule has 50 heavy (non-hydrogen) atoms. The molecule has 3 saturated carbocycles. The number of benzene rings is 1. The Bertz CT molecular complexity index is 1650. The van der Waals surface area contributed by atoms with Crippen molar-refractivity contribution in [3.63, 3.8) is 0 Å². The molecule has 2 saturated heterocycles. The van der Waals surface area contributed by atoms with Gasteiger partial charge in [-0.2, -0.15) is 0 Å². The molecule has 4 aliphatic carbocycles. The van der Waals surface area contributed by atoms with Gasteiger partial charge in [0.2, 0.25) is 5.52 Å². The average molecular weight is 691 g/mol. The summed E-state index contributed by atoms with van der Waals surface area (Å²) in [7, 11) is 0. The fourth-order valence-electron chi connectivity index (χ4n) is 11.9. The van der Waals surface area contributed by atoms with Gasteiger partial charge < -0.3 is 19.5 Å². The van der Waals surface area contributed by atoms with E-state index in [0.717, 1.165) is 58.0 Å². The van der Waals surface area contributed by atoms with Crippen LogP contribution in [0.4, 0.5) is 11.4 Å². The van der Waals surface area contributed by atoms with Crippen LogP contribution in [-0.4, -0.2) is 52.4 Å². The summed E-state index contributed by atoms with van der Waals surface area (Å²) in [6, 6.07) is 3.03. The summed E-state index contributed by atoms with van der Waals surface area (Å²) in [6.45, 7) is 11.3. The molecule has 0 amide bonds. The lowest BCUT2D eigenvalue weighted by molar-refractivity contribution is -0.383. The van der Waals surface area contributed by atoms with Crippen LogP contribution in [0.3, 0.4) is 0 Å². The molecule has 0 radical (unpaired) electrons. The molecule has 1 aromatic carbocycles. The van der Waals surface area contributed by atoms with Gasteiger partial charge in [0.15, 0.2) is 11.3 Å². The van der Waals surface area contributed by atoms with Gasteiger partial charge in [0.05, 0.1) is 23.3 Å². The second-order valence-corrected chi connectivity index (χ2v) is 17.2. The van der Waals surface area contributed by atoms with Crippen LogP contribution in [-0.2, 0) is 19.0 Å². The van der Waals surface area contributed by atoms with Crippen molar-refractivity contribution in [1.29, 1.82) is 0 Å².